The van der Waals surface area contributed by atoms with Crippen LogP contribution in [0.25, 0.3) is 5.57 Å². The molecule has 0 aliphatic carbocycles. The highest BCUT2D eigenvalue weighted by atomic mass is 16.5. The van der Waals surface area contributed by atoms with Gasteiger partial charge in [0.15, 0.2) is 5.75 Å². The number of pyridine rings is 1. The summed E-state index contributed by atoms with van der Waals surface area (Å²) in [6.07, 6.45) is 2.85. The zero-order valence-electron chi connectivity index (χ0n) is 11.8. The lowest BCUT2D eigenvalue weighted by molar-refractivity contribution is -0.133. The minimum Gasteiger partial charge on any atom is -0.503 e. The lowest BCUT2D eigenvalue weighted by Crippen LogP contribution is -2.07. The summed E-state index contributed by atoms with van der Waals surface area (Å²) in [5, 5.41) is 0. The molecule has 0 N–H and O–H groups in total. The molecule has 0 unspecified atom stereocenters. The SMILES string of the molecule is CO/C=C(/C(=O)OC)c1ncccc1Oc1ccccc1. The number of nitrogens with zero attached hydrogens (tertiary/aromatic N) is 1. The minimum atomic E-state index is -0.548. The van der Waals surface area contributed by atoms with Gasteiger partial charge in [0, 0.05) is 6.20 Å². The molecule has 2 aromatic rings. The van der Waals surface area contributed by atoms with Crippen molar-refractivity contribution in [1.82, 2.24) is 4.98 Å². The number of para-hydroxylation sites is 1. The maximum absolute atomic E-state index is 11.8. The molecule has 108 valence electrons. The van der Waals surface area contributed by atoms with Crippen LogP contribution in [-0.2, 0) is 14.3 Å². The third-order valence-electron chi connectivity index (χ3n) is 2.64. The number of rotatable bonds is 5. The van der Waals surface area contributed by atoms with Gasteiger partial charge in [-0.1, -0.05) is 18.2 Å². The standard InChI is InChI=1S/C16H15NO4/c1-19-11-13(16(18)20-2)15-14(9-6-10-17-15)21-12-7-4-3-5-8-12/h3-11H,1-2H3/b13-11+. The fraction of sp³-hybridized carbons (Fsp3) is 0.125. The molecule has 21 heavy (non-hydrogen) atoms. The van der Waals surface area contributed by atoms with Crippen molar-refractivity contribution in [2.75, 3.05) is 14.2 Å². The van der Waals surface area contributed by atoms with Gasteiger partial charge in [0.2, 0.25) is 0 Å². The van der Waals surface area contributed by atoms with Crippen LogP contribution in [0.3, 0.4) is 0 Å². The molecule has 0 atom stereocenters. The highest BCUT2D eigenvalue weighted by Crippen LogP contribution is 2.29. The number of hydrogen-bond acceptors (Lipinski definition) is 5. The number of carbonyl (C=O) groups excluding carboxylic acids is 1. The Balaban J connectivity index is 2.40. The normalized spacial score (nSPS) is 10.9. The van der Waals surface area contributed by atoms with E-state index in [9.17, 15) is 4.79 Å². The van der Waals surface area contributed by atoms with Crippen molar-refractivity contribution in [2.24, 2.45) is 0 Å². The summed E-state index contributed by atoms with van der Waals surface area (Å²) in [5.41, 5.74) is 0.543. The Kier molecular flexibility index (Phi) is 4.93. The smallest absolute Gasteiger partial charge is 0.343 e. The van der Waals surface area contributed by atoms with Crippen LogP contribution in [0, 0.1) is 0 Å². The van der Waals surface area contributed by atoms with Gasteiger partial charge in [0.25, 0.3) is 0 Å². The van der Waals surface area contributed by atoms with E-state index < -0.39 is 5.97 Å². The number of aromatic nitrogens is 1. The van der Waals surface area contributed by atoms with Crippen LogP contribution in [0.2, 0.25) is 0 Å². The Bertz CT molecular complexity index is 638. The highest BCUT2D eigenvalue weighted by Gasteiger charge is 2.19. The van der Waals surface area contributed by atoms with Crippen molar-refractivity contribution < 1.29 is 19.0 Å². The predicted molar refractivity (Wildman–Crippen MR) is 77.8 cm³/mol. The van der Waals surface area contributed by atoms with Gasteiger partial charge in [-0.05, 0) is 24.3 Å². The van der Waals surface area contributed by atoms with Gasteiger partial charge in [-0.15, -0.1) is 0 Å². The number of ether oxygens (including phenoxy) is 3. The van der Waals surface area contributed by atoms with Gasteiger partial charge in [0.05, 0.1) is 20.5 Å². The van der Waals surface area contributed by atoms with Crippen molar-refractivity contribution >= 4 is 11.5 Å². The first-order chi connectivity index (χ1) is 10.3. The first kappa shape index (κ1) is 14.6. The molecule has 0 saturated carbocycles. The Morgan fingerprint density at radius 3 is 2.52 bits per heavy atom. The predicted octanol–water partition coefficient (Wildman–Crippen LogP) is 3.03. The Labute approximate surface area is 122 Å². The van der Waals surface area contributed by atoms with Crippen LogP contribution in [0.1, 0.15) is 5.69 Å². The van der Waals surface area contributed by atoms with Gasteiger partial charge in [-0.25, -0.2) is 4.79 Å². The van der Waals surface area contributed by atoms with Gasteiger partial charge < -0.3 is 14.2 Å². The van der Waals surface area contributed by atoms with E-state index in [0.717, 1.165) is 0 Å². The van der Waals surface area contributed by atoms with E-state index >= 15 is 0 Å². The highest BCUT2D eigenvalue weighted by molar-refractivity contribution is 6.16. The molecule has 1 aromatic carbocycles. The third-order valence-corrected chi connectivity index (χ3v) is 2.64. The molecular weight excluding hydrogens is 270 g/mol. The van der Waals surface area contributed by atoms with Gasteiger partial charge in [-0.2, -0.15) is 0 Å². The van der Waals surface area contributed by atoms with E-state index in [1.165, 1.54) is 20.5 Å². The number of hydrogen-bond donors (Lipinski definition) is 0. The molecule has 5 heteroatoms. The molecular formula is C16H15NO4. The molecule has 0 bridgehead atoms. The molecule has 5 nitrogen and oxygen atoms in total. The Morgan fingerprint density at radius 1 is 1.10 bits per heavy atom. The molecule has 0 spiro atoms. The molecule has 0 aliphatic heterocycles. The number of carbonyl (C=O) groups is 1. The maximum Gasteiger partial charge on any atom is 0.343 e. The first-order valence-electron chi connectivity index (χ1n) is 6.26. The number of methoxy groups -OCH3 is 2. The second-order valence-corrected chi connectivity index (χ2v) is 4.02. The van der Waals surface area contributed by atoms with E-state index in [-0.39, 0.29) is 5.57 Å². The van der Waals surface area contributed by atoms with Gasteiger partial charge in [0.1, 0.15) is 17.0 Å². The van der Waals surface area contributed by atoms with Crippen molar-refractivity contribution in [3.63, 3.8) is 0 Å². The van der Waals surface area contributed by atoms with Crippen LogP contribution < -0.4 is 4.74 Å². The Hall–Kier alpha value is -2.82. The van der Waals surface area contributed by atoms with Crippen LogP contribution >= 0.6 is 0 Å². The van der Waals surface area contributed by atoms with Crippen LogP contribution in [0.4, 0.5) is 0 Å². The van der Waals surface area contributed by atoms with Crippen molar-refractivity contribution in [2.45, 2.75) is 0 Å². The lowest BCUT2D eigenvalue weighted by Gasteiger charge is -2.11. The van der Waals surface area contributed by atoms with E-state index in [4.69, 9.17) is 14.2 Å². The molecule has 2 rings (SSSR count). The second kappa shape index (κ2) is 7.09. The van der Waals surface area contributed by atoms with E-state index in [1.54, 1.807) is 18.3 Å². The molecule has 1 heterocycles. The zero-order chi connectivity index (χ0) is 15.1. The first-order valence-corrected chi connectivity index (χ1v) is 6.26. The van der Waals surface area contributed by atoms with E-state index in [2.05, 4.69) is 4.98 Å². The molecule has 1 aromatic heterocycles. The molecule has 0 amide bonds. The summed E-state index contributed by atoms with van der Waals surface area (Å²) in [5.74, 6) is 0.541. The average molecular weight is 285 g/mol. The summed E-state index contributed by atoms with van der Waals surface area (Å²) in [7, 11) is 2.75. The summed E-state index contributed by atoms with van der Waals surface area (Å²) < 4.78 is 15.4. The summed E-state index contributed by atoms with van der Waals surface area (Å²) >= 11 is 0. The maximum atomic E-state index is 11.8. The van der Waals surface area contributed by atoms with Gasteiger partial charge >= 0.3 is 5.97 Å². The molecule has 0 fully saturated rings. The van der Waals surface area contributed by atoms with Crippen molar-refractivity contribution in [3.8, 4) is 11.5 Å². The minimum absolute atomic E-state index is 0.187. The fourth-order valence-corrected chi connectivity index (χ4v) is 1.72. The fourth-order valence-electron chi connectivity index (χ4n) is 1.72. The average Bonchev–Trinajstić information content (AvgIpc) is 2.54. The lowest BCUT2D eigenvalue weighted by atomic mass is 10.1. The van der Waals surface area contributed by atoms with Crippen LogP contribution in [0.5, 0.6) is 11.5 Å². The summed E-state index contributed by atoms with van der Waals surface area (Å²) in [4.78, 5) is 16.0. The topological polar surface area (TPSA) is 57.7 Å². The van der Waals surface area contributed by atoms with Gasteiger partial charge in [-0.3, -0.25) is 4.98 Å². The van der Waals surface area contributed by atoms with Crippen LogP contribution in [-0.4, -0.2) is 25.2 Å². The molecule has 0 aliphatic rings. The Morgan fingerprint density at radius 2 is 1.86 bits per heavy atom. The number of esters is 1. The van der Waals surface area contributed by atoms with Crippen molar-refractivity contribution in [3.05, 3.63) is 60.6 Å². The molecule has 0 saturated heterocycles. The van der Waals surface area contributed by atoms with Crippen LogP contribution in [0.15, 0.2) is 54.9 Å². The quantitative estimate of drug-likeness (QED) is 0.480. The van der Waals surface area contributed by atoms with Crippen molar-refractivity contribution in [1.29, 1.82) is 0 Å². The van der Waals surface area contributed by atoms with E-state index in [1.807, 2.05) is 30.3 Å². The van der Waals surface area contributed by atoms with E-state index in [0.29, 0.717) is 17.2 Å². The molecule has 0 radical (unpaired) electrons. The summed E-state index contributed by atoms with van der Waals surface area (Å²) in [6, 6.07) is 12.7. The number of benzene rings is 1. The zero-order valence-corrected chi connectivity index (χ0v) is 11.8. The largest absolute Gasteiger partial charge is 0.503 e. The third kappa shape index (κ3) is 3.60. The summed E-state index contributed by atoms with van der Waals surface area (Å²) in [6.45, 7) is 0. The second-order valence-electron chi connectivity index (χ2n) is 4.02. The monoisotopic (exact) mass is 285 g/mol.